The normalized spacial score (nSPS) is 12.5. The molecule has 0 aliphatic carbocycles. The van der Waals surface area contributed by atoms with Gasteiger partial charge in [-0.3, -0.25) is 4.79 Å². The van der Waals surface area contributed by atoms with Crippen molar-refractivity contribution in [1.29, 1.82) is 0 Å². The minimum absolute atomic E-state index is 0.117. The first-order valence-corrected chi connectivity index (χ1v) is 6.83. The van der Waals surface area contributed by atoms with E-state index in [1.807, 2.05) is 0 Å². The Morgan fingerprint density at radius 2 is 2.21 bits per heavy atom. The number of rotatable bonds is 5. The first-order chi connectivity index (χ1) is 9.11. The molecule has 1 aromatic rings. The summed E-state index contributed by atoms with van der Waals surface area (Å²) in [4.78, 5) is 23.8. The number of carbonyl (C=O) groups is 2. The summed E-state index contributed by atoms with van der Waals surface area (Å²) in [6.45, 7) is 3.25. The number of hydrogen-bond donors (Lipinski definition) is 0. The summed E-state index contributed by atoms with van der Waals surface area (Å²) in [7, 11) is 0. The Kier molecular flexibility index (Phi) is 4.31. The number of carbonyl (C=O) groups excluding carboxylic acids is 2. The highest BCUT2D eigenvalue weighted by atomic mass is 32.2. The second-order valence-electron chi connectivity index (χ2n) is 3.85. The van der Waals surface area contributed by atoms with E-state index < -0.39 is 5.97 Å². The maximum Gasteiger partial charge on any atom is 0.344 e. The van der Waals surface area contributed by atoms with E-state index in [1.54, 1.807) is 19.1 Å². The van der Waals surface area contributed by atoms with E-state index in [2.05, 4.69) is 0 Å². The van der Waals surface area contributed by atoms with Gasteiger partial charge in [-0.15, -0.1) is 0 Å². The van der Waals surface area contributed by atoms with Crippen LogP contribution in [-0.4, -0.2) is 30.9 Å². The molecule has 0 saturated carbocycles. The quantitative estimate of drug-likeness (QED) is 0.610. The van der Waals surface area contributed by atoms with Crippen LogP contribution in [-0.2, 0) is 9.53 Å². The van der Waals surface area contributed by atoms with Gasteiger partial charge >= 0.3 is 5.97 Å². The second kappa shape index (κ2) is 5.97. The molecule has 0 spiro atoms. The zero-order valence-electron chi connectivity index (χ0n) is 10.7. The van der Waals surface area contributed by atoms with Gasteiger partial charge in [-0.05, 0) is 19.9 Å². The average molecular weight is 282 g/mol. The van der Waals surface area contributed by atoms with E-state index in [-0.39, 0.29) is 12.4 Å². The van der Waals surface area contributed by atoms with Crippen LogP contribution in [0.2, 0.25) is 0 Å². The Bertz CT molecular complexity index is 512. The van der Waals surface area contributed by atoms with Crippen LogP contribution < -0.4 is 9.47 Å². The largest absolute Gasteiger partial charge is 0.481 e. The Labute approximate surface area is 115 Å². The van der Waals surface area contributed by atoms with Crippen molar-refractivity contribution in [1.82, 2.24) is 0 Å². The summed E-state index contributed by atoms with van der Waals surface area (Å²) >= 11 is 1.52. The minimum atomic E-state index is -0.465. The lowest BCUT2D eigenvalue weighted by Crippen LogP contribution is -2.15. The highest BCUT2D eigenvalue weighted by molar-refractivity contribution is 7.99. The molecule has 5 nitrogen and oxygen atoms in total. The van der Waals surface area contributed by atoms with Crippen LogP contribution in [0.5, 0.6) is 11.5 Å². The third-order valence-electron chi connectivity index (χ3n) is 2.50. The first kappa shape index (κ1) is 13.7. The van der Waals surface area contributed by atoms with Gasteiger partial charge < -0.3 is 14.2 Å². The van der Waals surface area contributed by atoms with Crippen molar-refractivity contribution < 1.29 is 23.8 Å². The summed E-state index contributed by atoms with van der Waals surface area (Å²) in [5.74, 6) is 0.964. The summed E-state index contributed by atoms with van der Waals surface area (Å²) in [5.41, 5.74) is 0.445. The SMILES string of the molecule is CCOC(=O)COc1cc2c(cc1C(C)=O)SCO2. The van der Waals surface area contributed by atoms with Gasteiger partial charge in [-0.2, -0.15) is 0 Å². The third-order valence-corrected chi connectivity index (χ3v) is 3.37. The van der Waals surface area contributed by atoms with Gasteiger partial charge in [0.1, 0.15) is 17.4 Å². The Morgan fingerprint density at radius 3 is 2.89 bits per heavy atom. The van der Waals surface area contributed by atoms with Crippen molar-refractivity contribution >= 4 is 23.5 Å². The number of Topliss-reactive ketones (excluding diaryl/α,β-unsaturated/α-hetero) is 1. The van der Waals surface area contributed by atoms with Crippen LogP contribution in [0.4, 0.5) is 0 Å². The molecule has 1 heterocycles. The maximum absolute atomic E-state index is 11.6. The van der Waals surface area contributed by atoms with Crippen LogP contribution >= 0.6 is 11.8 Å². The molecule has 0 unspecified atom stereocenters. The van der Waals surface area contributed by atoms with E-state index >= 15 is 0 Å². The summed E-state index contributed by atoms with van der Waals surface area (Å²) < 4.78 is 15.5. The van der Waals surface area contributed by atoms with Crippen LogP contribution in [0.1, 0.15) is 24.2 Å². The second-order valence-corrected chi connectivity index (χ2v) is 4.82. The molecule has 19 heavy (non-hydrogen) atoms. The molecule has 6 heteroatoms. The molecule has 0 amide bonds. The zero-order valence-corrected chi connectivity index (χ0v) is 11.5. The molecule has 1 aromatic carbocycles. The van der Waals surface area contributed by atoms with E-state index in [1.165, 1.54) is 18.7 Å². The van der Waals surface area contributed by atoms with Crippen LogP contribution in [0.15, 0.2) is 17.0 Å². The Hall–Kier alpha value is -1.69. The highest BCUT2D eigenvalue weighted by Gasteiger charge is 2.20. The van der Waals surface area contributed by atoms with Crippen molar-refractivity contribution in [3.63, 3.8) is 0 Å². The van der Waals surface area contributed by atoms with Crippen molar-refractivity contribution in [2.45, 2.75) is 18.7 Å². The lowest BCUT2D eigenvalue weighted by atomic mass is 10.1. The number of esters is 1. The van der Waals surface area contributed by atoms with Crippen molar-refractivity contribution in [2.24, 2.45) is 0 Å². The van der Waals surface area contributed by atoms with Gasteiger partial charge in [0.15, 0.2) is 12.4 Å². The average Bonchev–Trinajstić information content (AvgIpc) is 2.82. The number of ketones is 1. The highest BCUT2D eigenvalue weighted by Crippen LogP contribution is 2.40. The van der Waals surface area contributed by atoms with Gasteiger partial charge in [0.05, 0.1) is 17.1 Å². The molecule has 0 N–H and O–H groups in total. The van der Waals surface area contributed by atoms with E-state index in [0.717, 1.165) is 4.90 Å². The molecule has 0 saturated heterocycles. The molecular weight excluding hydrogens is 268 g/mol. The topological polar surface area (TPSA) is 61.8 Å². The molecule has 0 bridgehead atoms. The van der Waals surface area contributed by atoms with Crippen LogP contribution in [0.3, 0.4) is 0 Å². The molecular formula is C13H14O5S. The van der Waals surface area contributed by atoms with Crippen LogP contribution in [0.25, 0.3) is 0 Å². The molecule has 1 aliphatic heterocycles. The fourth-order valence-corrected chi connectivity index (χ4v) is 2.43. The number of benzene rings is 1. The standard InChI is InChI=1S/C13H14O5S/c1-3-16-13(15)6-17-10-5-11-12(19-7-18-11)4-9(10)8(2)14/h4-5H,3,6-7H2,1-2H3. The first-order valence-electron chi connectivity index (χ1n) is 5.84. The monoisotopic (exact) mass is 282 g/mol. The van der Waals surface area contributed by atoms with Crippen molar-refractivity contribution in [2.75, 3.05) is 19.2 Å². The summed E-state index contributed by atoms with van der Waals surface area (Å²) in [6.07, 6.45) is 0. The van der Waals surface area contributed by atoms with E-state index in [4.69, 9.17) is 14.2 Å². The fourth-order valence-electron chi connectivity index (χ4n) is 1.66. The molecule has 0 fully saturated rings. The van der Waals surface area contributed by atoms with Gasteiger partial charge in [-0.1, -0.05) is 11.8 Å². The third kappa shape index (κ3) is 3.20. The predicted molar refractivity (Wildman–Crippen MR) is 69.9 cm³/mol. The van der Waals surface area contributed by atoms with Gasteiger partial charge in [0, 0.05) is 6.07 Å². The van der Waals surface area contributed by atoms with E-state index in [0.29, 0.717) is 29.6 Å². The summed E-state index contributed by atoms with van der Waals surface area (Å²) in [5, 5.41) is 0. The van der Waals surface area contributed by atoms with Gasteiger partial charge in [-0.25, -0.2) is 4.79 Å². The molecule has 2 rings (SSSR count). The molecule has 1 aliphatic rings. The van der Waals surface area contributed by atoms with Crippen molar-refractivity contribution in [3.05, 3.63) is 17.7 Å². The number of fused-ring (bicyclic) bond motifs is 1. The van der Waals surface area contributed by atoms with Crippen LogP contribution in [0, 0.1) is 0 Å². The molecule has 102 valence electrons. The lowest BCUT2D eigenvalue weighted by molar-refractivity contribution is -0.145. The number of hydrogen-bond acceptors (Lipinski definition) is 6. The number of ether oxygens (including phenoxy) is 3. The molecule has 0 atom stereocenters. The van der Waals surface area contributed by atoms with Crippen molar-refractivity contribution in [3.8, 4) is 11.5 Å². The van der Waals surface area contributed by atoms with E-state index in [9.17, 15) is 9.59 Å². The predicted octanol–water partition coefficient (Wildman–Crippen LogP) is 2.27. The smallest absolute Gasteiger partial charge is 0.344 e. The maximum atomic E-state index is 11.6. The Morgan fingerprint density at radius 1 is 1.42 bits per heavy atom. The van der Waals surface area contributed by atoms with Gasteiger partial charge in [0.25, 0.3) is 0 Å². The fraction of sp³-hybridized carbons (Fsp3) is 0.385. The summed E-state index contributed by atoms with van der Waals surface area (Å²) in [6, 6.07) is 3.38. The molecule has 0 radical (unpaired) electrons. The minimum Gasteiger partial charge on any atom is -0.481 e. The Balaban J connectivity index is 2.18. The number of thioether (sulfide) groups is 1. The lowest BCUT2D eigenvalue weighted by Gasteiger charge is -2.10. The zero-order chi connectivity index (χ0) is 13.8. The van der Waals surface area contributed by atoms with Gasteiger partial charge in [0.2, 0.25) is 0 Å². The molecule has 0 aromatic heterocycles.